The van der Waals surface area contributed by atoms with Gasteiger partial charge in [0.25, 0.3) is 5.91 Å². The molecular formula is C32H35N11O2. The van der Waals surface area contributed by atoms with Crippen LogP contribution in [-0.4, -0.2) is 65.8 Å². The minimum atomic E-state index is -1.01. The zero-order chi connectivity index (χ0) is 31.4. The molecule has 1 aliphatic rings. The second kappa shape index (κ2) is 12.7. The average molecular weight is 606 g/mol. The number of amides is 2. The smallest absolute Gasteiger partial charge is 0.256 e. The summed E-state index contributed by atoms with van der Waals surface area (Å²) in [5.41, 5.74) is 3.48. The van der Waals surface area contributed by atoms with Crippen LogP contribution in [0, 0.1) is 5.41 Å². The molecule has 3 aromatic carbocycles. The molecule has 0 saturated carbocycles. The Kier molecular flexibility index (Phi) is 8.34. The van der Waals surface area contributed by atoms with E-state index in [0.717, 1.165) is 54.0 Å². The van der Waals surface area contributed by atoms with Gasteiger partial charge in [0.15, 0.2) is 5.82 Å². The van der Waals surface area contributed by atoms with Crippen LogP contribution in [0.3, 0.4) is 0 Å². The second-order valence-electron chi connectivity index (χ2n) is 11.2. The third-order valence-electron chi connectivity index (χ3n) is 8.26. The Hall–Kier alpha value is -5.43. The van der Waals surface area contributed by atoms with E-state index in [4.69, 9.17) is 10.4 Å². The van der Waals surface area contributed by atoms with Crippen molar-refractivity contribution in [3.05, 3.63) is 101 Å². The number of benzene rings is 3. The van der Waals surface area contributed by atoms with Crippen molar-refractivity contribution in [2.24, 2.45) is 7.05 Å². The number of nitrogens with zero attached hydrogens (tertiary/aromatic N) is 6. The highest BCUT2D eigenvalue weighted by Crippen LogP contribution is 2.29. The lowest BCUT2D eigenvalue weighted by Crippen LogP contribution is -2.53. The van der Waals surface area contributed by atoms with Crippen LogP contribution in [0.5, 0.6) is 0 Å². The lowest BCUT2D eigenvalue weighted by molar-refractivity contribution is -0.137. The van der Waals surface area contributed by atoms with Crippen molar-refractivity contribution >= 4 is 34.4 Å². The van der Waals surface area contributed by atoms with Gasteiger partial charge in [0.1, 0.15) is 17.2 Å². The minimum Gasteiger partial charge on any atom is -0.378 e. The van der Waals surface area contributed by atoms with E-state index >= 15 is 0 Å². The van der Waals surface area contributed by atoms with Crippen molar-refractivity contribution in [2.45, 2.75) is 38.4 Å². The van der Waals surface area contributed by atoms with Gasteiger partial charge in [0, 0.05) is 37.0 Å². The zero-order valence-corrected chi connectivity index (χ0v) is 25.2. The Balaban J connectivity index is 1.15. The number of likely N-dealkylation sites (tertiary alicyclic amines) is 1. The number of hydrogen-bond acceptors (Lipinski definition) is 9. The number of amidine groups is 1. The highest BCUT2D eigenvalue weighted by molar-refractivity contribution is 6.11. The third-order valence-corrected chi connectivity index (χ3v) is 8.26. The largest absolute Gasteiger partial charge is 0.378 e. The molecule has 230 valence electrons. The molecule has 2 amide bonds. The Morgan fingerprint density at radius 1 is 0.978 bits per heavy atom. The lowest BCUT2D eigenvalue weighted by Gasteiger charge is -2.33. The first-order valence-corrected chi connectivity index (χ1v) is 14.8. The van der Waals surface area contributed by atoms with Crippen LogP contribution in [0.25, 0.3) is 11.0 Å². The van der Waals surface area contributed by atoms with Gasteiger partial charge in [-0.2, -0.15) is 5.21 Å². The summed E-state index contributed by atoms with van der Waals surface area (Å²) < 4.78 is 2.03. The van der Waals surface area contributed by atoms with Crippen LogP contribution in [0.1, 0.15) is 52.9 Å². The minimum absolute atomic E-state index is 0.0110. The molecule has 3 heterocycles. The monoisotopic (exact) mass is 605 g/mol. The van der Waals surface area contributed by atoms with Crippen molar-refractivity contribution in [2.75, 3.05) is 18.4 Å². The summed E-state index contributed by atoms with van der Waals surface area (Å²) in [6, 6.07) is 22.1. The van der Waals surface area contributed by atoms with Crippen molar-refractivity contribution in [1.29, 1.82) is 5.41 Å². The molecule has 1 atom stereocenters. The summed E-state index contributed by atoms with van der Waals surface area (Å²) in [6.07, 6.45) is 2.00. The maximum absolute atomic E-state index is 13.8. The SMILES string of the molecule is Cn1c(CNc2ccc(C(=N)NC(=O)c3ccccc3)cc2)nc2cc([C@@](C)(NCc3nn[nH]n3)C(=O)N3CCCC3)ccc21. The molecule has 13 nitrogen and oxygen atoms in total. The van der Waals surface area contributed by atoms with Gasteiger partial charge in [-0.1, -0.05) is 29.5 Å². The van der Waals surface area contributed by atoms with Crippen molar-refractivity contribution < 1.29 is 9.59 Å². The average Bonchev–Trinajstić information content (AvgIpc) is 3.85. The van der Waals surface area contributed by atoms with Crippen LogP contribution in [0.15, 0.2) is 72.8 Å². The van der Waals surface area contributed by atoms with Gasteiger partial charge in [0.2, 0.25) is 5.91 Å². The first kappa shape index (κ1) is 29.6. The fourth-order valence-corrected chi connectivity index (χ4v) is 5.55. The summed E-state index contributed by atoms with van der Waals surface area (Å²) in [5, 5.41) is 31.9. The van der Waals surface area contributed by atoms with Gasteiger partial charge >= 0.3 is 0 Å². The Morgan fingerprint density at radius 2 is 1.73 bits per heavy atom. The zero-order valence-electron chi connectivity index (χ0n) is 25.2. The number of carbonyl (C=O) groups excluding carboxylic acids is 2. The first-order valence-electron chi connectivity index (χ1n) is 14.8. The maximum atomic E-state index is 13.8. The van der Waals surface area contributed by atoms with E-state index in [9.17, 15) is 9.59 Å². The number of H-pyrrole nitrogens is 1. The number of hydrogen-bond donors (Lipinski definition) is 5. The van der Waals surface area contributed by atoms with Crippen molar-refractivity contribution in [3.63, 3.8) is 0 Å². The number of rotatable bonds is 10. The number of carbonyl (C=O) groups is 2. The van der Waals surface area contributed by atoms with E-state index in [1.54, 1.807) is 36.4 Å². The summed E-state index contributed by atoms with van der Waals surface area (Å²) in [7, 11) is 1.97. The van der Waals surface area contributed by atoms with E-state index in [2.05, 4.69) is 36.6 Å². The molecule has 0 spiro atoms. The molecule has 0 unspecified atom stereocenters. The maximum Gasteiger partial charge on any atom is 0.256 e. The molecule has 45 heavy (non-hydrogen) atoms. The molecule has 1 saturated heterocycles. The molecule has 0 aliphatic carbocycles. The number of nitrogens with one attached hydrogen (secondary N) is 5. The van der Waals surface area contributed by atoms with E-state index in [-0.39, 0.29) is 24.2 Å². The molecule has 2 aromatic heterocycles. The number of aryl methyl sites for hydroxylation is 1. The lowest BCUT2D eigenvalue weighted by atomic mass is 9.89. The van der Waals surface area contributed by atoms with Gasteiger partial charge < -0.3 is 20.1 Å². The first-order chi connectivity index (χ1) is 21.8. The van der Waals surface area contributed by atoms with Crippen LogP contribution in [0.2, 0.25) is 0 Å². The van der Waals surface area contributed by atoms with Crippen LogP contribution < -0.4 is 16.0 Å². The predicted octanol–water partition coefficient (Wildman–Crippen LogP) is 3.08. The molecule has 1 fully saturated rings. The topological polar surface area (TPSA) is 170 Å². The van der Waals surface area contributed by atoms with Crippen LogP contribution in [0.4, 0.5) is 5.69 Å². The van der Waals surface area contributed by atoms with Gasteiger partial charge in [-0.15, -0.1) is 10.2 Å². The van der Waals surface area contributed by atoms with Gasteiger partial charge in [-0.3, -0.25) is 20.3 Å². The fourth-order valence-electron chi connectivity index (χ4n) is 5.55. The van der Waals surface area contributed by atoms with E-state index in [1.807, 2.05) is 59.8 Å². The number of aromatic amines is 1. The van der Waals surface area contributed by atoms with Gasteiger partial charge in [-0.05, 0) is 73.9 Å². The van der Waals surface area contributed by atoms with Crippen molar-refractivity contribution in [1.82, 2.24) is 45.7 Å². The number of aromatic nitrogens is 6. The Morgan fingerprint density at radius 3 is 2.44 bits per heavy atom. The number of anilines is 1. The molecule has 0 radical (unpaired) electrons. The summed E-state index contributed by atoms with van der Waals surface area (Å²) in [5.74, 6) is 1.02. The highest BCUT2D eigenvalue weighted by atomic mass is 16.2. The molecule has 0 bridgehead atoms. The Labute approximate surface area is 259 Å². The summed E-state index contributed by atoms with van der Waals surface area (Å²) in [6.45, 7) is 4.12. The van der Waals surface area contributed by atoms with Crippen molar-refractivity contribution in [3.8, 4) is 0 Å². The molecule has 6 rings (SSSR count). The number of tetrazole rings is 1. The van der Waals surface area contributed by atoms with Gasteiger partial charge in [0.05, 0.1) is 24.1 Å². The van der Waals surface area contributed by atoms with Crippen LogP contribution in [-0.2, 0) is 30.5 Å². The quantitative estimate of drug-likeness (QED) is 0.119. The third kappa shape index (κ3) is 6.29. The predicted molar refractivity (Wildman–Crippen MR) is 169 cm³/mol. The second-order valence-corrected chi connectivity index (χ2v) is 11.2. The highest BCUT2D eigenvalue weighted by Gasteiger charge is 2.39. The van der Waals surface area contributed by atoms with E-state index in [1.165, 1.54) is 0 Å². The Bertz CT molecular complexity index is 1810. The molecular weight excluding hydrogens is 570 g/mol. The summed E-state index contributed by atoms with van der Waals surface area (Å²) >= 11 is 0. The molecule has 1 aliphatic heterocycles. The number of imidazole rings is 1. The normalized spacial score (nSPS) is 14.3. The molecule has 13 heteroatoms. The fraction of sp³-hybridized carbons (Fsp3) is 0.281. The van der Waals surface area contributed by atoms with E-state index < -0.39 is 5.54 Å². The molecule has 5 aromatic rings. The summed E-state index contributed by atoms with van der Waals surface area (Å²) in [4.78, 5) is 33.0. The number of fused-ring (bicyclic) bond motifs is 1. The van der Waals surface area contributed by atoms with Gasteiger partial charge in [-0.25, -0.2) is 4.98 Å². The standard InChI is InChI=1S/C32H35N11O2/c1-32(31(45)43-16-6-7-17-43,35-19-27-38-40-41-39-27)23-12-15-26-25(18-23)36-28(42(26)2)20-34-24-13-10-21(11-14-24)29(33)37-30(44)22-8-4-3-5-9-22/h3-5,8-15,18,34-35H,6-7,16-17,19-20H2,1-2H3,(H2,33,37,44)(H,38,39,40,41)/t32-/m1/s1. The van der Waals surface area contributed by atoms with Crippen LogP contribution >= 0.6 is 0 Å². The van der Waals surface area contributed by atoms with E-state index in [0.29, 0.717) is 23.5 Å². The molecule has 5 N–H and O–H groups in total.